The second kappa shape index (κ2) is 7.83. The van der Waals surface area contributed by atoms with Gasteiger partial charge in [-0.3, -0.25) is 9.80 Å². The van der Waals surface area contributed by atoms with Crippen LogP contribution in [0.4, 0.5) is 16.2 Å². The van der Waals surface area contributed by atoms with Crippen LogP contribution in [0.25, 0.3) is 0 Å². The van der Waals surface area contributed by atoms with Gasteiger partial charge in [0.15, 0.2) is 0 Å². The van der Waals surface area contributed by atoms with E-state index in [1.165, 1.54) is 0 Å². The van der Waals surface area contributed by atoms with Crippen LogP contribution < -0.4 is 14.5 Å². The van der Waals surface area contributed by atoms with Crippen molar-refractivity contribution in [2.24, 2.45) is 0 Å². The van der Waals surface area contributed by atoms with Crippen LogP contribution in [0.1, 0.15) is 0 Å². The van der Waals surface area contributed by atoms with Crippen LogP contribution in [-0.2, 0) is 0 Å². The average molecular weight is 375 g/mol. The summed E-state index contributed by atoms with van der Waals surface area (Å²) < 4.78 is 6.03. The molecule has 0 N–H and O–H groups in total. The largest absolute Gasteiger partial charge is 0.497 e. The quantitative estimate of drug-likeness (QED) is 0.710. The number of benzene rings is 2. The summed E-state index contributed by atoms with van der Waals surface area (Å²) in [6, 6.07) is 14.8. The lowest BCUT2D eigenvalue weighted by Crippen LogP contribution is -2.41. The topological polar surface area (TPSA) is 32.8 Å². The number of carbonyl (C=O) groups excluding carboxylic acids is 1. The Balaban J connectivity index is 2.30. The molecule has 5 heteroatoms. The first kappa shape index (κ1) is 17.1. The highest BCUT2D eigenvalue weighted by Gasteiger charge is 2.21. The number of carbonyl (C=O) groups is 1. The van der Waals surface area contributed by atoms with Crippen LogP contribution in [0.3, 0.4) is 0 Å². The molecule has 0 spiro atoms. The molecule has 0 aliphatic rings. The number of hydrogen-bond donors (Lipinski definition) is 0. The number of rotatable bonds is 5. The zero-order valence-electron chi connectivity index (χ0n) is 13.2. The van der Waals surface area contributed by atoms with Crippen molar-refractivity contribution in [2.45, 2.75) is 0 Å². The van der Waals surface area contributed by atoms with Gasteiger partial charge in [-0.1, -0.05) is 18.2 Å². The van der Waals surface area contributed by atoms with Crippen molar-refractivity contribution in [3.8, 4) is 5.75 Å². The summed E-state index contributed by atoms with van der Waals surface area (Å²) in [6.07, 6.45) is 1.70. The van der Waals surface area contributed by atoms with Gasteiger partial charge in [0.25, 0.3) is 0 Å². The van der Waals surface area contributed by atoms with Crippen molar-refractivity contribution >= 4 is 33.3 Å². The summed E-state index contributed by atoms with van der Waals surface area (Å²) in [7, 11) is 3.37. The van der Waals surface area contributed by atoms with E-state index in [1.807, 2.05) is 48.5 Å². The Morgan fingerprint density at radius 2 is 1.87 bits per heavy atom. The van der Waals surface area contributed by atoms with Gasteiger partial charge in [0.1, 0.15) is 5.75 Å². The summed E-state index contributed by atoms with van der Waals surface area (Å²) >= 11 is 3.48. The van der Waals surface area contributed by atoms with E-state index < -0.39 is 0 Å². The number of ether oxygens (including phenoxy) is 1. The monoisotopic (exact) mass is 374 g/mol. The fraction of sp³-hybridized carbons (Fsp3) is 0.167. The molecule has 4 nitrogen and oxygen atoms in total. The first-order valence-electron chi connectivity index (χ1n) is 7.13. The number of amides is 2. The molecule has 120 valence electrons. The van der Waals surface area contributed by atoms with E-state index in [2.05, 4.69) is 22.5 Å². The maximum Gasteiger partial charge on any atom is 0.329 e. The van der Waals surface area contributed by atoms with Gasteiger partial charge in [-0.2, -0.15) is 0 Å². The Labute approximate surface area is 145 Å². The highest BCUT2D eigenvalue weighted by atomic mass is 79.9. The number of hydrogen-bond acceptors (Lipinski definition) is 2. The molecule has 0 saturated heterocycles. The molecule has 0 bridgehead atoms. The molecule has 23 heavy (non-hydrogen) atoms. The number of halogens is 1. The molecular formula is C18H19BrN2O2. The van der Waals surface area contributed by atoms with Crippen LogP contribution >= 0.6 is 15.9 Å². The summed E-state index contributed by atoms with van der Waals surface area (Å²) in [6.45, 7) is 4.16. The molecule has 2 aromatic carbocycles. The first-order chi connectivity index (χ1) is 11.1. The molecule has 0 aliphatic carbocycles. The van der Waals surface area contributed by atoms with E-state index in [0.717, 1.165) is 21.6 Å². The molecule has 0 aliphatic heterocycles. The minimum absolute atomic E-state index is 0.137. The van der Waals surface area contributed by atoms with Gasteiger partial charge in [-0.15, -0.1) is 6.58 Å². The number of nitrogens with zero attached hydrogens (tertiary/aromatic N) is 2. The summed E-state index contributed by atoms with van der Waals surface area (Å²) in [5, 5.41) is 0. The molecule has 2 rings (SSSR count). The summed E-state index contributed by atoms with van der Waals surface area (Å²) in [5.41, 5.74) is 1.59. The van der Waals surface area contributed by atoms with Crippen LogP contribution in [0.5, 0.6) is 5.75 Å². The van der Waals surface area contributed by atoms with Gasteiger partial charge in [0.05, 0.1) is 12.8 Å². The predicted molar refractivity (Wildman–Crippen MR) is 98.5 cm³/mol. The third kappa shape index (κ3) is 3.93. The minimum Gasteiger partial charge on any atom is -0.497 e. The maximum atomic E-state index is 12.9. The van der Waals surface area contributed by atoms with E-state index >= 15 is 0 Å². The van der Waals surface area contributed by atoms with Crippen molar-refractivity contribution in [1.82, 2.24) is 0 Å². The van der Waals surface area contributed by atoms with Gasteiger partial charge in [-0.05, 0) is 52.3 Å². The molecule has 0 unspecified atom stereocenters. The fourth-order valence-electron chi connectivity index (χ4n) is 2.19. The van der Waals surface area contributed by atoms with Crippen LogP contribution in [-0.4, -0.2) is 26.7 Å². The minimum atomic E-state index is -0.137. The third-order valence-electron chi connectivity index (χ3n) is 3.43. The Kier molecular flexibility index (Phi) is 5.82. The smallest absolute Gasteiger partial charge is 0.329 e. The van der Waals surface area contributed by atoms with Gasteiger partial charge in [-0.25, -0.2) is 4.79 Å². The predicted octanol–water partition coefficient (Wildman–Crippen LogP) is 4.71. The summed E-state index contributed by atoms with van der Waals surface area (Å²) in [4.78, 5) is 16.2. The highest BCUT2D eigenvalue weighted by molar-refractivity contribution is 9.10. The Bertz CT molecular complexity index is 686. The fourth-order valence-corrected chi connectivity index (χ4v) is 2.74. The lowest BCUT2D eigenvalue weighted by Gasteiger charge is -2.28. The zero-order valence-corrected chi connectivity index (χ0v) is 14.8. The maximum absolute atomic E-state index is 12.9. The Morgan fingerprint density at radius 1 is 1.22 bits per heavy atom. The van der Waals surface area contributed by atoms with E-state index in [-0.39, 0.29) is 6.03 Å². The number of urea groups is 1. The lowest BCUT2D eigenvalue weighted by molar-refractivity contribution is 0.253. The van der Waals surface area contributed by atoms with Gasteiger partial charge in [0, 0.05) is 23.8 Å². The molecule has 2 aromatic rings. The number of methoxy groups -OCH3 is 1. The molecular weight excluding hydrogens is 356 g/mol. The third-order valence-corrected chi connectivity index (χ3v) is 4.10. The highest BCUT2D eigenvalue weighted by Crippen LogP contribution is 2.27. The van der Waals surface area contributed by atoms with Gasteiger partial charge in [0.2, 0.25) is 0 Å². The van der Waals surface area contributed by atoms with E-state index in [4.69, 9.17) is 4.74 Å². The second-order valence-corrected chi connectivity index (χ2v) is 5.74. The Hall–Kier alpha value is -2.27. The second-order valence-electron chi connectivity index (χ2n) is 4.89. The van der Waals surface area contributed by atoms with E-state index in [1.54, 1.807) is 30.0 Å². The van der Waals surface area contributed by atoms with Crippen molar-refractivity contribution in [3.63, 3.8) is 0 Å². The Morgan fingerprint density at radius 3 is 2.43 bits per heavy atom. The SMILES string of the molecule is C=CCN(C(=O)N(C)c1ccccc1Br)c1ccc(OC)cc1. The molecule has 0 saturated carbocycles. The normalized spacial score (nSPS) is 10.0. The van der Waals surface area contributed by atoms with Gasteiger partial charge < -0.3 is 4.74 Å². The molecule has 2 amide bonds. The standard InChI is InChI=1S/C18H19BrN2O2/c1-4-13-21(14-9-11-15(23-3)12-10-14)18(22)20(2)17-8-6-5-7-16(17)19/h4-12H,1,13H2,2-3H3. The van der Waals surface area contributed by atoms with Crippen LogP contribution in [0, 0.1) is 0 Å². The number of anilines is 2. The summed E-state index contributed by atoms with van der Waals surface area (Å²) in [5.74, 6) is 0.749. The average Bonchev–Trinajstić information content (AvgIpc) is 2.59. The molecule has 0 fully saturated rings. The van der Waals surface area contributed by atoms with Crippen LogP contribution in [0.15, 0.2) is 65.7 Å². The van der Waals surface area contributed by atoms with Crippen molar-refractivity contribution < 1.29 is 9.53 Å². The first-order valence-corrected chi connectivity index (χ1v) is 7.92. The van der Waals surface area contributed by atoms with E-state index in [0.29, 0.717) is 6.54 Å². The van der Waals surface area contributed by atoms with Crippen molar-refractivity contribution in [2.75, 3.05) is 30.5 Å². The van der Waals surface area contributed by atoms with Crippen molar-refractivity contribution in [1.29, 1.82) is 0 Å². The van der Waals surface area contributed by atoms with Gasteiger partial charge >= 0.3 is 6.03 Å². The van der Waals surface area contributed by atoms with Crippen molar-refractivity contribution in [3.05, 3.63) is 65.7 Å². The number of para-hydroxylation sites is 1. The molecule has 0 radical (unpaired) electrons. The van der Waals surface area contributed by atoms with Crippen LogP contribution in [0.2, 0.25) is 0 Å². The van der Waals surface area contributed by atoms with E-state index in [9.17, 15) is 4.79 Å². The lowest BCUT2D eigenvalue weighted by atomic mass is 10.2. The molecule has 0 atom stereocenters. The molecule has 0 heterocycles. The molecule has 0 aromatic heterocycles. The zero-order chi connectivity index (χ0) is 16.8.